The molecular formula is C9H12ClN3. The Hall–Kier alpha value is -0.830. The summed E-state index contributed by atoms with van der Waals surface area (Å²) in [5, 5.41) is 3.34. The fourth-order valence-corrected chi connectivity index (χ4v) is 1.57. The third-order valence-corrected chi connectivity index (χ3v) is 2.79. The predicted octanol–water partition coefficient (Wildman–Crippen LogP) is 1.97. The third-order valence-electron chi connectivity index (χ3n) is 2.28. The number of hydrogen-bond donors (Lipinski definition) is 1. The number of nitrogens with one attached hydrogen (secondary N) is 1. The van der Waals surface area contributed by atoms with Gasteiger partial charge in [-0.15, -0.1) is 11.6 Å². The molecule has 1 fully saturated rings. The summed E-state index contributed by atoms with van der Waals surface area (Å²) in [7, 11) is 0. The van der Waals surface area contributed by atoms with Crippen molar-refractivity contribution >= 4 is 17.4 Å². The van der Waals surface area contributed by atoms with Gasteiger partial charge in [0.1, 0.15) is 11.6 Å². The lowest BCUT2D eigenvalue weighted by molar-refractivity contribution is 0.824. The average Bonchev–Trinajstić information content (AvgIpc) is 2.86. The SMILES string of the molecule is Cc1nccc(NC2(CCl)CC2)n1. The van der Waals surface area contributed by atoms with Crippen molar-refractivity contribution in [2.45, 2.75) is 25.3 Å². The van der Waals surface area contributed by atoms with E-state index in [4.69, 9.17) is 11.6 Å². The fourth-order valence-electron chi connectivity index (χ4n) is 1.24. The van der Waals surface area contributed by atoms with Gasteiger partial charge in [-0.05, 0) is 25.8 Å². The predicted molar refractivity (Wildman–Crippen MR) is 53.1 cm³/mol. The summed E-state index contributed by atoms with van der Waals surface area (Å²) in [6, 6.07) is 1.87. The Morgan fingerprint density at radius 3 is 2.92 bits per heavy atom. The number of anilines is 1. The molecule has 0 radical (unpaired) electrons. The Morgan fingerprint density at radius 1 is 1.62 bits per heavy atom. The molecule has 4 heteroatoms. The first-order chi connectivity index (χ1) is 6.24. The van der Waals surface area contributed by atoms with E-state index in [1.807, 2.05) is 13.0 Å². The van der Waals surface area contributed by atoms with Crippen LogP contribution in [0.25, 0.3) is 0 Å². The lowest BCUT2D eigenvalue weighted by atomic mass is 10.3. The summed E-state index contributed by atoms with van der Waals surface area (Å²) in [4.78, 5) is 8.30. The Bertz CT molecular complexity index is 309. The molecule has 3 nitrogen and oxygen atoms in total. The second-order valence-corrected chi connectivity index (χ2v) is 3.80. The van der Waals surface area contributed by atoms with Gasteiger partial charge < -0.3 is 5.32 Å². The molecule has 1 aromatic heterocycles. The summed E-state index contributed by atoms with van der Waals surface area (Å²) in [5.74, 6) is 2.32. The molecular weight excluding hydrogens is 186 g/mol. The van der Waals surface area contributed by atoms with Crippen molar-refractivity contribution in [3.8, 4) is 0 Å². The van der Waals surface area contributed by atoms with E-state index in [9.17, 15) is 0 Å². The van der Waals surface area contributed by atoms with Crippen LogP contribution in [0.2, 0.25) is 0 Å². The van der Waals surface area contributed by atoms with E-state index in [0.717, 1.165) is 24.5 Å². The van der Waals surface area contributed by atoms with Crippen molar-refractivity contribution in [3.63, 3.8) is 0 Å². The van der Waals surface area contributed by atoms with Crippen molar-refractivity contribution in [1.29, 1.82) is 0 Å². The normalized spacial score (nSPS) is 18.3. The van der Waals surface area contributed by atoms with Crippen molar-refractivity contribution in [2.24, 2.45) is 0 Å². The zero-order valence-corrected chi connectivity index (χ0v) is 8.30. The minimum atomic E-state index is 0.113. The van der Waals surface area contributed by atoms with Crippen LogP contribution >= 0.6 is 11.6 Å². The minimum Gasteiger partial charge on any atom is -0.363 e. The molecule has 0 aliphatic heterocycles. The number of aryl methyl sites for hydroxylation is 1. The summed E-state index contributed by atoms with van der Waals surface area (Å²) < 4.78 is 0. The average molecular weight is 198 g/mol. The maximum Gasteiger partial charge on any atom is 0.130 e. The van der Waals surface area contributed by atoms with E-state index in [1.165, 1.54) is 0 Å². The summed E-state index contributed by atoms with van der Waals surface area (Å²) >= 11 is 5.84. The van der Waals surface area contributed by atoms with E-state index < -0.39 is 0 Å². The molecule has 0 amide bonds. The third kappa shape index (κ3) is 1.91. The van der Waals surface area contributed by atoms with Crippen molar-refractivity contribution in [1.82, 2.24) is 9.97 Å². The first kappa shape index (κ1) is 8.75. The van der Waals surface area contributed by atoms with Crippen LogP contribution in [0.1, 0.15) is 18.7 Å². The molecule has 1 heterocycles. The zero-order chi connectivity index (χ0) is 9.31. The number of halogens is 1. The quantitative estimate of drug-likeness (QED) is 0.753. The van der Waals surface area contributed by atoms with Gasteiger partial charge in [0.25, 0.3) is 0 Å². The second kappa shape index (κ2) is 3.14. The first-order valence-corrected chi connectivity index (χ1v) is 4.91. The maximum atomic E-state index is 5.84. The smallest absolute Gasteiger partial charge is 0.130 e. The molecule has 0 unspecified atom stereocenters. The summed E-state index contributed by atoms with van der Waals surface area (Å²) in [6.45, 7) is 1.88. The zero-order valence-electron chi connectivity index (χ0n) is 7.55. The molecule has 1 aromatic rings. The topological polar surface area (TPSA) is 37.8 Å². The number of nitrogens with zero attached hydrogens (tertiary/aromatic N) is 2. The fraction of sp³-hybridized carbons (Fsp3) is 0.556. The highest BCUT2D eigenvalue weighted by atomic mass is 35.5. The van der Waals surface area contributed by atoms with Crippen molar-refractivity contribution in [2.75, 3.05) is 11.2 Å². The van der Waals surface area contributed by atoms with Crippen LogP contribution in [0.5, 0.6) is 0 Å². The molecule has 0 spiro atoms. The molecule has 13 heavy (non-hydrogen) atoms. The monoisotopic (exact) mass is 197 g/mol. The van der Waals surface area contributed by atoms with E-state index in [2.05, 4.69) is 15.3 Å². The van der Waals surface area contributed by atoms with Gasteiger partial charge >= 0.3 is 0 Å². The number of rotatable bonds is 3. The number of aromatic nitrogens is 2. The van der Waals surface area contributed by atoms with Gasteiger partial charge in [0.15, 0.2) is 0 Å². The minimum absolute atomic E-state index is 0.113. The molecule has 0 saturated heterocycles. The highest BCUT2D eigenvalue weighted by Crippen LogP contribution is 2.39. The molecule has 0 atom stereocenters. The van der Waals surface area contributed by atoms with Crippen LogP contribution in [0.4, 0.5) is 5.82 Å². The van der Waals surface area contributed by atoms with Crippen LogP contribution in [0, 0.1) is 6.92 Å². The van der Waals surface area contributed by atoms with Gasteiger partial charge in [0, 0.05) is 12.1 Å². The Labute approximate surface area is 82.5 Å². The molecule has 70 valence electrons. The van der Waals surface area contributed by atoms with Gasteiger partial charge in [-0.3, -0.25) is 0 Å². The van der Waals surface area contributed by atoms with E-state index >= 15 is 0 Å². The Kier molecular flexibility index (Phi) is 2.12. The highest BCUT2D eigenvalue weighted by Gasteiger charge is 2.42. The van der Waals surface area contributed by atoms with E-state index in [-0.39, 0.29) is 5.54 Å². The molecule has 1 aliphatic carbocycles. The van der Waals surface area contributed by atoms with Crippen LogP contribution < -0.4 is 5.32 Å². The molecule has 1 saturated carbocycles. The molecule has 1 aliphatic rings. The van der Waals surface area contributed by atoms with Crippen LogP contribution in [-0.2, 0) is 0 Å². The first-order valence-electron chi connectivity index (χ1n) is 4.38. The largest absolute Gasteiger partial charge is 0.363 e. The molecule has 0 bridgehead atoms. The Balaban J connectivity index is 2.09. The lowest BCUT2D eigenvalue weighted by Gasteiger charge is -2.14. The van der Waals surface area contributed by atoms with Gasteiger partial charge in [-0.1, -0.05) is 0 Å². The van der Waals surface area contributed by atoms with E-state index in [1.54, 1.807) is 6.20 Å². The van der Waals surface area contributed by atoms with E-state index in [0.29, 0.717) is 5.88 Å². The van der Waals surface area contributed by atoms with Gasteiger partial charge in [-0.2, -0.15) is 0 Å². The maximum absolute atomic E-state index is 5.84. The van der Waals surface area contributed by atoms with Gasteiger partial charge in [0.05, 0.1) is 5.54 Å². The number of alkyl halides is 1. The number of hydrogen-bond acceptors (Lipinski definition) is 3. The van der Waals surface area contributed by atoms with Gasteiger partial charge in [-0.25, -0.2) is 9.97 Å². The van der Waals surface area contributed by atoms with Crippen LogP contribution in [0.3, 0.4) is 0 Å². The summed E-state index contributed by atoms with van der Waals surface area (Å²) in [5.41, 5.74) is 0.113. The lowest BCUT2D eigenvalue weighted by Crippen LogP contribution is -2.23. The summed E-state index contributed by atoms with van der Waals surface area (Å²) in [6.07, 6.45) is 4.04. The van der Waals surface area contributed by atoms with Gasteiger partial charge in [0.2, 0.25) is 0 Å². The van der Waals surface area contributed by atoms with Crippen LogP contribution in [0.15, 0.2) is 12.3 Å². The van der Waals surface area contributed by atoms with Crippen molar-refractivity contribution < 1.29 is 0 Å². The van der Waals surface area contributed by atoms with Crippen LogP contribution in [-0.4, -0.2) is 21.4 Å². The molecule has 2 rings (SSSR count). The Morgan fingerprint density at radius 2 is 2.38 bits per heavy atom. The molecule has 1 N–H and O–H groups in total. The standard InChI is InChI=1S/C9H12ClN3/c1-7-11-5-2-8(12-7)13-9(6-10)3-4-9/h2,5H,3-4,6H2,1H3,(H,11,12,13). The second-order valence-electron chi connectivity index (χ2n) is 3.53. The molecule has 0 aromatic carbocycles. The van der Waals surface area contributed by atoms with Crippen molar-refractivity contribution in [3.05, 3.63) is 18.1 Å². The highest BCUT2D eigenvalue weighted by molar-refractivity contribution is 6.19.